The Hall–Kier alpha value is -1.62. The Morgan fingerprint density at radius 2 is 2.24 bits per heavy atom. The summed E-state index contributed by atoms with van der Waals surface area (Å²) >= 11 is 1.58. The Morgan fingerprint density at radius 1 is 1.47 bits per heavy atom. The minimum atomic E-state index is -0.405. The van der Waals surface area contributed by atoms with E-state index in [1.807, 2.05) is 19.2 Å². The van der Waals surface area contributed by atoms with Crippen LogP contribution >= 0.6 is 11.3 Å². The number of hydrogen-bond donors (Lipinski definition) is 2. The second kappa shape index (κ2) is 4.71. The van der Waals surface area contributed by atoms with Gasteiger partial charge in [-0.1, -0.05) is 6.07 Å². The molecule has 3 N–H and O–H groups in total. The molecular formula is C12H14FN3S. The van der Waals surface area contributed by atoms with Gasteiger partial charge in [-0.15, -0.1) is 11.3 Å². The Bertz CT molecular complexity index is 524. The number of para-hydroxylation sites is 1. The van der Waals surface area contributed by atoms with Crippen LogP contribution in [0.2, 0.25) is 0 Å². The lowest BCUT2D eigenvalue weighted by molar-refractivity contribution is 0.632. The molecule has 90 valence electrons. The van der Waals surface area contributed by atoms with E-state index in [1.165, 1.54) is 6.07 Å². The summed E-state index contributed by atoms with van der Waals surface area (Å²) in [5.74, 6) is -0.405. The molecule has 0 aliphatic carbocycles. The highest BCUT2D eigenvalue weighted by atomic mass is 32.1. The molecule has 0 spiro atoms. The van der Waals surface area contributed by atoms with Crippen molar-refractivity contribution in [3.05, 3.63) is 40.1 Å². The predicted molar refractivity (Wildman–Crippen MR) is 69.7 cm³/mol. The second-order valence-corrected chi connectivity index (χ2v) is 4.78. The largest absolute Gasteiger partial charge is 0.395 e. The van der Waals surface area contributed by atoms with Gasteiger partial charge >= 0.3 is 0 Å². The lowest BCUT2D eigenvalue weighted by atomic mass is 10.2. The Kier molecular flexibility index (Phi) is 3.28. The number of aromatic nitrogens is 1. The molecule has 1 atom stereocenters. The number of rotatable bonds is 3. The summed E-state index contributed by atoms with van der Waals surface area (Å²) in [5, 5.41) is 6.12. The SMILES string of the molecule is Cc1csc(C(C)Nc2cccc(F)c2N)n1. The van der Waals surface area contributed by atoms with Crippen LogP contribution in [0.5, 0.6) is 0 Å². The standard InChI is InChI=1S/C12H14FN3S/c1-7-6-17-12(15-7)8(2)16-10-5-3-4-9(13)11(10)14/h3-6,8,16H,14H2,1-2H3. The van der Waals surface area contributed by atoms with Crippen LogP contribution in [-0.4, -0.2) is 4.98 Å². The van der Waals surface area contributed by atoms with Gasteiger partial charge in [0.2, 0.25) is 0 Å². The zero-order valence-corrected chi connectivity index (χ0v) is 10.5. The zero-order valence-electron chi connectivity index (χ0n) is 9.70. The first-order valence-corrected chi connectivity index (χ1v) is 6.18. The van der Waals surface area contributed by atoms with E-state index in [0.717, 1.165) is 10.7 Å². The van der Waals surface area contributed by atoms with Gasteiger partial charge in [-0.3, -0.25) is 0 Å². The van der Waals surface area contributed by atoms with E-state index in [2.05, 4.69) is 10.3 Å². The maximum Gasteiger partial charge on any atom is 0.148 e. The molecule has 3 nitrogen and oxygen atoms in total. The molecule has 0 amide bonds. The topological polar surface area (TPSA) is 50.9 Å². The van der Waals surface area contributed by atoms with Gasteiger partial charge < -0.3 is 11.1 Å². The van der Waals surface area contributed by atoms with Crippen LogP contribution in [0.25, 0.3) is 0 Å². The molecule has 1 aromatic heterocycles. The molecule has 0 radical (unpaired) electrons. The molecule has 0 saturated heterocycles. The lowest BCUT2D eigenvalue weighted by Crippen LogP contribution is -2.09. The van der Waals surface area contributed by atoms with Gasteiger partial charge in [0, 0.05) is 11.1 Å². The van der Waals surface area contributed by atoms with Crippen molar-refractivity contribution in [3.8, 4) is 0 Å². The smallest absolute Gasteiger partial charge is 0.148 e. The maximum absolute atomic E-state index is 13.3. The number of aryl methyl sites for hydroxylation is 1. The van der Waals surface area contributed by atoms with Gasteiger partial charge in [0.15, 0.2) is 0 Å². The first-order chi connectivity index (χ1) is 8.08. The summed E-state index contributed by atoms with van der Waals surface area (Å²) in [5.41, 5.74) is 7.40. The van der Waals surface area contributed by atoms with Crippen LogP contribution in [0.3, 0.4) is 0 Å². The molecule has 0 aliphatic heterocycles. The van der Waals surface area contributed by atoms with Crippen molar-refractivity contribution >= 4 is 22.7 Å². The van der Waals surface area contributed by atoms with Crippen molar-refractivity contribution < 1.29 is 4.39 Å². The van der Waals surface area contributed by atoms with E-state index in [-0.39, 0.29) is 11.7 Å². The molecule has 2 aromatic rings. The number of nitrogens with zero attached hydrogens (tertiary/aromatic N) is 1. The van der Waals surface area contributed by atoms with Crippen molar-refractivity contribution in [2.75, 3.05) is 11.1 Å². The fourth-order valence-corrected chi connectivity index (χ4v) is 2.33. The average Bonchev–Trinajstić information content (AvgIpc) is 2.72. The summed E-state index contributed by atoms with van der Waals surface area (Å²) < 4.78 is 13.3. The van der Waals surface area contributed by atoms with Crippen LogP contribution in [0.15, 0.2) is 23.6 Å². The van der Waals surface area contributed by atoms with Crippen molar-refractivity contribution in [2.45, 2.75) is 19.9 Å². The molecule has 1 unspecified atom stereocenters. The zero-order chi connectivity index (χ0) is 12.4. The second-order valence-electron chi connectivity index (χ2n) is 3.89. The number of nitrogens with two attached hydrogens (primary N) is 1. The maximum atomic E-state index is 13.3. The third-order valence-corrected chi connectivity index (χ3v) is 3.58. The highest BCUT2D eigenvalue weighted by Gasteiger charge is 2.11. The van der Waals surface area contributed by atoms with Crippen LogP contribution in [0.4, 0.5) is 15.8 Å². The summed E-state index contributed by atoms with van der Waals surface area (Å²) in [4.78, 5) is 4.38. The molecule has 0 saturated carbocycles. The minimum absolute atomic E-state index is 0.0119. The summed E-state index contributed by atoms with van der Waals surface area (Å²) in [7, 11) is 0. The molecule has 2 rings (SSSR count). The highest BCUT2D eigenvalue weighted by Crippen LogP contribution is 2.27. The Morgan fingerprint density at radius 3 is 2.88 bits per heavy atom. The van der Waals surface area contributed by atoms with E-state index in [0.29, 0.717) is 5.69 Å². The van der Waals surface area contributed by atoms with Gasteiger partial charge in [-0.2, -0.15) is 0 Å². The van der Waals surface area contributed by atoms with Gasteiger partial charge in [0.1, 0.15) is 10.8 Å². The highest BCUT2D eigenvalue weighted by molar-refractivity contribution is 7.09. The molecule has 1 aromatic carbocycles. The fourth-order valence-electron chi connectivity index (χ4n) is 1.53. The van der Waals surface area contributed by atoms with Crippen molar-refractivity contribution in [3.63, 3.8) is 0 Å². The van der Waals surface area contributed by atoms with E-state index in [4.69, 9.17) is 5.73 Å². The normalized spacial score (nSPS) is 12.4. The third kappa shape index (κ3) is 2.55. The van der Waals surface area contributed by atoms with Crippen molar-refractivity contribution in [2.24, 2.45) is 0 Å². The van der Waals surface area contributed by atoms with Gasteiger partial charge in [0.25, 0.3) is 0 Å². The number of benzene rings is 1. The van der Waals surface area contributed by atoms with E-state index in [9.17, 15) is 4.39 Å². The molecule has 1 heterocycles. The van der Waals surface area contributed by atoms with Gasteiger partial charge in [-0.25, -0.2) is 9.37 Å². The molecular weight excluding hydrogens is 237 g/mol. The first kappa shape index (κ1) is 11.9. The summed E-state index contributed by atoms with van der Waals surface area (Å²) in [6.07, 6.45) is 0. The molecule has 5 heteroatoms. The predicted octanol–water partition coefficient (Wildman–Crippen LogP) is 3.35. The number of halogens is 1. The quantitative estimate of drug-likeness (QED) is 0.822. The number of thiazole rings is 1. The minimum Gasteiger partial charge on any atom is -0.395 e. The Balaban J connectivity index is 2.18. The van der Waals surface area contributed by atoms with Crippen LogP contribution in [0, 0.1) is 12.7 Å². The van der Waals surface area contributed by atoms with Gasteiger partial charge in [-0.05, 0) is 26.0 Å². The van der Waals surface area contributed by atoms with Crippen LogP contribution < -0.4 is 11.1 Å². The number of hydrogen-bond acceptors (Lipinski definition) is 4. The summed E-state index contributed by atoms with van der Waals surface area (Å²) in [6.45, 7) is 3.92. The van der Waals surface area contributed by atoms with E-state index >= 15 is 0 Å². The number of anilines is 2. The summed E-state index contributed by atoms with van der Waals surface area (Å²) in [6, 6.07) is 4.75. The first-order valence-electron chi connectivity index (χ1n) is 5.30. The van der Waals surface area contributed by atoms with Gasteiger partial charge in [0.05, 0.1) is 17.4 Å². The van der Waals surface area contributed by atoms with E-state index < -0.39 is 5.82 Å². The Labute approximate surface area is 103 Å². The lowest BCUT2D eigenvalue weighted by Gasteiger charge is -2.14. The van der Waals surface area contributed by atoms with Crippen LogP contribution in [0.1, 0.15) is 23.7 Å². The molecule has 17 heavy (non-hydrogen) atoms. The molecule has 0 bridgehead atoms. The number of nitrogen functional groups attached to an aromatic ring is 1. The number of nitrogens with one attached hydrogen (secondary N) is 1. The van der Waals surface area contributed by atoms with Crippen LogP contribution in [-0.2, 0) is 0 Å². The molecule has 0 aliphatic rings. The van der Waals surface area contributed by atoms with Crippen molar-refractivity contribution in [1.29, 1.82) is 0 Å². The van der Waals surface area contributed by atoms with Crippen molar-refractivity contribution in [1.82, 2.24) is 4.98 Å². The molecule has 0 fully saturated rings. The average molecular weight is 251 g/mol. The fraction of sp³-hybridized carbons (Fsp3) is 0.250. The monoisotopic (exact) mass is 251 g/mol. The third-order valence-electron chi connectivity index (χ3n) is 2.43. The van der Waals surface area contributed by atoms with E-state index in [1.54, 1.807) is 23.5 Å².